The molecule has 0 spiro atoms. The quantitative estimate of drug-likeness (QED) is 0.852. The Labute approximate surface area is 122 Å². The minimum atomic E-state index is 0.601. The lowest BCUT2D eigenvalue weighted by Gasteiger charge is -2.28. The van der Waals surface area contributed by atoms with E-state index in [0.717, 1.165) is 17.5 Å². The van der Waals surface area contributed by atoms with Gasteiger partial charge in [-0.3, -0.25) is 0 Å². The van der Waals surface area contributed by atoms with Gasteiger partial charge in [-0.15, -0.1) is 0 Å². The summed E-state index contributed by atoms with van der Waals surface area (Å²) in [5.41, 5.74) is 0. The van der Waals surface area contributed by atoms with E-state index in [0.29, 0.717) is 12.0 Å². The number of nitrogens with one attached hydrogen (secondary N) is 1. The second-order valence-corrected chi connectivity index (χ2v) is 6.25. The summed E-state index contributed by atoms with van der Waals surface area (Å²) in [5, 5.41) is 3.18. The zero-order valence-electron chi connectivity index (χ0n) is 12.7. The zero-order valence-corrected chi connectivity index (χ0v) is 12.7. The molecule has 0 saturated heterocycles. The number of anilines is 2. The second kappa shape index (κ2) is 5.98. The number of aromatic nitrogens is 2. The van der Waals surface area contributed by atoms with Gasteiger partial charge in [0, 0.05) is 32.1 Å². The lowest BCUT2D eigenvalue weighted by atomic mass is 10.1. The Kier molecular flexibility index (Phi) is 4.08. The van der Waals surface area contributed by atoms with Crippen LogP contribution in [0.4, 0.5) is 11.6 Å². The van der Waals surface area contributed by atoms with Crippen LogP contribution in [0.5, 0.6) is 0 Å². The van der Waals surface area contributed by atoms with Crippen LogP contribution in [0, 0.1) is 0 Å². The molecule has 4 heteroatoms. The van der Waals surface area contributed by atoms with E-state index in [1.165, 1.54) is 51.4 Å². The predicted molar refractivity (Wildman–Crippen MR) is 83.4 cm³/mol. The molecule has 2 aliphatic carbocycles. The van der Waals surface area contributed by atoms with E-state index < -0.39 is 0 Å². The molecule has 2 fully saturated rings. The Balaban J connectivity index is 1.81. The van der Waals surface area contributed by atoms with Gasteiger partial charge in [0.15, 0.2) is 0 Å². The molecule has 0 atom stereocenters. The number of hydrogen-bond donors (Lipinski definition) is 1. The van der Waals surface area contributed by atoms with Crippen LogP contribution < -0.4 is 10.2 Å². The molecule has 0 radical (unpaired) electrons. The highest BCUT2D eigenvalue weighted by atomic mass is 15.2. The smallest absolute Gasteiger partial charge is 0.136 e. The minimum Gasteiger partial charge on any atom is -0.373 e. The van der Waals surface area contributed by atoms with Gasteiger partial charge in [0.25, 0.3) is 0 Å². The summed E-state index contributed by atoms with van der Waals surface area (Å²) in [7, 11) is 4.14. The fourth-order valence-electron chi connectivity index (χ4n) is 3.12. The molecule has 3 rings (SSSR count). The van der Waals surface area contributed by atoms with Gasteiger partial charge >= 0.3 is 0 Å². The molecule has 0 unspecified atom stereocenters. The van der Waals surface area contributed by atoms with Crippen molar-refractivity contribution in [3.8, 4) is 0 Å². The third-order valence-electron chi connectivity index (χ3n) is 4.66. The van der Waals surface area contributed by atoms with Crippen LogP contribution in [0.25, 0.3) is 0 Å². The SMILES string of the molecule is CNc1cc(N(C)C2CCCCCC2)nc(C2CC2)n1. The highest BCUT2D eigenvalue weighted by Gasteiger charge is 2.28. The van der Waals surface area contributed by atoms with Crippen LogP contribution in [0.1, 0.15) is 63.1 Å². The molecule has 0 aromatic carbocycles. The number of hydrogen-bond acceptors (Lipinski definition) is 4. The molecule has 1 heterocycles. The average Bonchev–Trinajstić information content (AvgIpc) is 3.32. The van der Waals surface area contributed by atoms with E-state index in [1.54, 1.807) is 0 Å². The van der Waals surface area contributed by atoms with E-state index in [9.17, 15) is 0 Å². The third-order valence-corrected chi connectivity index (χ3v) is 4.66. The fourth-order valence-corrected chi connectivity index (χ4v) is 3.12. The first-order chi connectivity index (χ1) is 9.78. The van der Waals surface area contributed by atoms with Gasteiger partial charge in [0.1, 0.15) is 17.5 Å². The second-order valence-electron chi connectivity index (χ2n) is 6.25. The Bertz CT molecular complexity index is 448. The number of nitrogens with zero attached hydrogens (tertiary/aromatic N) is 3. The van der Waals surface area contributed by atoms with Gasteiger partial charge in [0.05, 0.1) is 0 Å². The molecule has 4 nitrogen and oxygen atoms in total. The maximum absolute atomic E-state index is 4.82. The topological polar surface area (TPSA) is 41.0 Å². The Hall–Kier alpha value is -1.32. The molecule has 0 bridgehead atoms. The summed E-state index contributed by atoms with van der Waals surface area (Å²) in [6.07, 6.45) is 10.6. The highest BCUT2D eigenvalue weighted by Crippen LogP contribution is 2.39. The van der Waals surface area contributed by atoms with Gasteiger partial charge in [-0.05, 0) is 25.7 Å². The first-order valence-corrected chi connectivity index (χ1v) is 8.07. The van der Waals surface area contributed by atoms with E-state index >= 15 is 0 Å². The van der Waals surface area contributed by atoms with Gasteiger partial charge in [0.2, 0.25) is 0 Å². The molecular weight excluding hydrogens is 248 g/mol. The lowest BCUT2D eigenvalue weighted by molar-refractivity contribution is 0.548. The standard InChI is InChI=1S/C16H26N4/c1-17-14-11-15(19-16(18-14)12-9-10-12)20(2)13-7-5-3-4-6-8-13/h11-13H,3-10H2,1-2H3,(H,17,18,19). The van der Waals surface area contributed by atoms with Crippen molar-refractivity contribution in [2.45, 2.75) is 63.3 Å². The van der Waals surface area contributed by atoms with Crippen molar-refractivity contribution in [2.24, 2.45) is 0 Å². The first kappa shape index (κ1) is 13.7. The van der Waals surface area contributed by atoms with Crippen molar-refractivity contribution in [1.82, 2.24) is 9.97 Å². The summed E-state index contributed by atoms with van der Waals surface area (Å²) < 4.78 is 0. The monoisotopic (exact) mass is 274 g/mol. The van der Waals surface area contributed by atoms with E-state index in [1.807, 2.05) is 7.05 Å². The first-order valence-electron chi connectivity index (χ1n) is 8.07. The lowest BCUT2D eigenvalue weighted by Crippen LogP contribution is -2.32. The molecule has 0 aliphatic heterocycles. The largest absolute Gasteiger partial charge is 0.373 e. The minimum absolute atomic E-state index is 0.601. The molecule has 1 N–H and O–H groups in total. The summed E-state index contributed by atoms with van der Waals surface area (Å²) in [6, 6.07) is 2.74. The van der Waals surface area contributed by atoms with Crippen molar-refractivity contribution in [3.63, 3.8) is 0 Å². The van der Waals surface area contributed by atoms with E-state index in [4.69, 9.17) is 4.98 Å². The molecule has 1 aromatic heterocycles. The van der Waals surface area contributed by atoms with Gasteiger partial charge in [-0.25, -0.2) is 9.97 Å². The summed E-state index contributed by atoms with van der Waals surface area (Å²) in [4.78, 5) is 11.8. The fraction of sp³-hybridized carbons (Fsp3) is 0.750. The average molecular weight is 274 g/mol. The molecule has 2 aliphatic rings. The molecule has 0 amide bonds. The zero-order chi connectivity index (χ0) is 13.9. The Morgan fingerprint density at radius 1 is 1.05 bits per heavy atom. The molecular formula is C16H26N4. The van der Waals surface area contributed by atoms with Gasteiger partial charge < -0.3 is 10.2 Å². The molecule has 2 saturated carbocycles. The van der Waals surface area contributed by atoms with Crippen molar-refractivity contribution in [2.75, 3.05) is 24.3 Å². The Morgan fingerprint density at radius 2 is 1.75 bits per heavy atom. The van der Waals surface area contributed by atoms with Crippen LogP contribution in [0.2, 0.25) is 0 Å². The van der Waals surface area contributed by atoms with Crippen molar-refractivity contribution in [1.29, 1.82) is 0 Å². The van der Waals surface area contributed by atoms with Crippen molar-refractivity contribution < 1.29 is 0 Å². The third kappa shape index (κ3) is 3.05. The van der Waals surface area contributed by atoms with Crippen molar-refractivity contribution in [3.05, 3.63) is 11.9 Å². The van der Waals surface area contributed by atoms with Crippen LogP contribution in [-0.4, -0.2) is 30.1 Å². The highest BCUT2D eigenvalue weighted by molar-refractivity contribution is 5.50. The molecule has 1 aromatic rings. The normalized spacial score (nSPS) is 20.5. The summed E-state index contributed by atoms with van der Waals surface area (Å²) in [5.74, 6) is 3.69. The predicted octanol–water partition coefficient (Wildman–Crippen LogP) is 3.55. The van der Waals surface area contributed by atoms with E-state index in [-0.39, 0.29) is 0 Å². The Morgan fingerprint density at radius 3 is 2.35 bits per heavy atom. The van der Waals surface area contributed by atoms with E-state index in [2.05, 4.69) is 28.3 Å². The maximum Gasteiger partial charge on any atom is 0.136 e. The van der Waals surface area contributed by atoms with Crippen LogP contribution in [0.15, 0.2) is 6.07 Å². The molecule has 20 heavy (non-hydrogen) atoms. The number of rotatable bonds is 4. The maximum atomic E-state index is 4.82. The summed E-state index contributed by atoms with van der Waals surface area (Å²) in [6.45, 7) is 0. The van der Waals surface area contributed by atoms with Crippen LogP contribution >= 0.6 is 0 Å². The summed E-state index contributed by atoms with van der Waals surface area (Å²) >= 11 is 0. The molecule has 110 valence electrons. The van der Waals surface area contributed by atoms with Crippen LogP contribution in [-0.2, 0) is 0 Å². The van der Waals surface area contributed by atoms with Crippen LogP contribution in [0.3, 0.4) is 0 Å². The van der Waals surface area contributed by atoms with Crippen molar-refractivity contribution >= 4 is 11.6 Å². The van der Waals surface area contributed by atoms with Gasteiger partial charge in [-0.1, -0.05) is 25.7 Å². The van der Waals surface area contributed by atoms with Gasteiger partial charge in [-0.2, -0.15) is 0 Å².